The van der Waals surface area contributed by atoms with Gasteiger partial charge in [-0.25, -0.2) is 4.98 Å². The molecule has 1 aliphatic rings. The number of nitrogen functional groups attached to an aromatic ring is 1. The predicted molar refractivity (Wildman–Crippen MR) is 90.4 cm³/mol. The number of rotatable bonds is 5. The van der Waals surface area contributed by atoms with E-state index in [1.54, 1.807) is 18.3 Å². The molecule has 1 aliphatic heterocycles. The van der Waals surface area contributed by atoms with Crippen molar-refractivity contribution in [2.45, 2.75) is 6.04 Å². The lowest BCUT2D eigenvalue weighted by atomic mass is 10.1. The van der Waals surface area contributed by atoms with Crippen molar-refractivity contribution in [3.05, 3.63) is 54.0 Å². The smallest absolute Gasteiger partial charge is 0.252 e. The van der Waals surface area contributed by atoms with E-state index in [-0.39, 0.29) is 11.9 Å². The van der Waals surface area contributed by atoms with Crippen LogP contribution >= 0.6 is 0 Å². The third-order valence-corrected chi connectivity index (χ3v) is 4.06. The van der Waals surface area contributed by atoms with Crippen molar-refractivity contribution in [1.29, 1.82) is 0 Å². The van der Waals surface area contributed by atoms with Crippen LogP contribution in [0.15, 0.2) is 42.9 Å². The number of aromatic nitrogens is 2. The highest BCUT2D eigenvalue weighted by molar-refractivity contribution is 5.94. The van der Waals surface area contributed by atoms with Gasteiger partial charge in [-0.1, -0.05) is 6.07 Å². The molecule has 0 saturated carbocycles. The fourth-order valence-corrected chi connectivity index (χ4v) is 2.75. The van der Waals surface area contributed by atoms with Crippen LogP contribution in [0, 0.1) is 0 Å². The Kier molecular flexibility index (Phi) is 5.35. The van der Waals surface area contributed by atoms with Crippen LogP contribution in [0.4, 0.5) is 5.82 Å². The minimum absolute atomic E-state index is 0.0632. The number of nitrogens with zero attached hydrogens (tertiary/aromatic N) is 3. The van der Waals surface area contributed by atoms with Gasteiger partial charge in [-0.2, -0.15) is 0 Å². The van der Waals surface area contributed by atoms with Gasteiger partial charge in [-0.3, -0.25) is 14.7 Å². The summed E-state index contributed by atoms with van der Waals surface area (Å²) in [5.41, 5.74) is 7.13. The number of hydrogen-bond donors (Lipinski definition) is 2. The number of pyridine rings is 2. The molecule has 0 aliphatic carbocycles. The number of morpholine rings is 1. The third-order valence-electron chi connectivity index (χ3n) is 4.06. The molecule has 0 spiro atoms. The molecule has 2 aromatic heterocycles. The van der Waals surface area contributed by atoms with Gasteiger partial charge >= 0.3 is 0 Å². The number of amides is 1. The summed E-state index contributed by atoms with van der Waals surface area (Å²) in [7, 11) is 0. The number of nitrogens with one attached hydrogen (secondary N) is 1. The lowest BCUT2D eigenvalue weighted by Crippen LogP contribution is -2.43. The van der Waals surface area contributed by atoms with Crippen molar-refractivity contribution in [2.24, 2.45) is 0 Å². The van der Waals surface area contributed by atoms with Crippen LogP contribution < -0.4 is 11.1 Å². The summed E-state index contributed by atoms with van der Waals surface area (Å²) in [4.78, 5) is 22.8. The molecule has 3 heterocycles. The zero-order valence-corrected chi connectivity index (χ0v) is 13.4. The Hall–Kier alpha value is -2.51. The molecule has 0 aromatic carbocycles. The minimum atomic E-state index is -0.162. The normalized spacial score (nSPS) is 16.5. The highest BCUT2D eigenvalue weighted by Crippen LogP contribution is 2.20. The number of carbonyl (C=O) groups is 1. The van der Waals surface area contributed by atoms with E-state index in [0.29, 0.717) is 31.1 Å². The summed E-state index contributed by atoms with van der Waals surface area (Å²) in [6.07, 6.45) is 5.08. The SMILES string of the molecule is Nc1ccc(C(=O)NC[C@@H](c2cccnc2)N2CCOCC2)cn1. The first-order valence-electron chi connectivity index (χ1n) is 7.95. The van der Waals surface area contributed by atoms with Crippen LogP contribution in [-0.4, -0.2) is 53.6 Å². The van der Waals surface area contributed by atoms with Gasteiger partial charge in [0.25, 0.3) is 5.91 Å². The standard InChI is InChI=1S/C17H21N5O2/c18-16-4-3-14(11-20-16)17(23)21-12-15(13-2-1-5-19-10-13)22-6-8-24-9-7-22/h1-5,10-11,15H,6-9,12H2,(H2,18,20)(H,21,23)/t15-/m0/s1. The fraction of sp³-hybridized carbons (Fsp3) is 0.353. The average molecular weight is 327 g/mol. The van der Waals surface area contributed by atoms with Gasteiger partial charge < -0.3 is 15.8 Å². The first kappa shape index (κ1) is 16.4. The molecule has 0 bridgehead atoms. The number of carbonyl (C=O) groups excluding carboxylic acids is 1. The Balaban J connectivity index is 1.69. The Morgan fingerprint density at radius 3 is 2.79 bits per heavy atom. The maximum atomic E-state index is 12.3. The summed E-state index contributed by atoms with van der Waals surface area (Å²) in [6, 6.07) is 7.30. The maximum absolute atomic E-state index is 12.3. The number of anilines is 1. The molecule has 1 fully saturated rings. The van der Waals surface area contributed by atoms with Crippen molar-refractivity contribution in [1.82, 2.24) is 20.2 Å². The Labute approximate surface area is 140 Å². The van der Waals surface area contributed by atoms with E-state index in [9.17, 15) is 4.79 Å². The van der Waals surface area contributed by atoms with Crippen molar-refractivity contribution in [3.8, 4) is 0 Å². The first-order valence-corrected chi connectivity index (χ1v) is 7.95. The van der Waals surface area contributed by atoms with Crippen molar-refractivity contribution in [2.75, 3.05) is 38.6 Å². The molecule has 0 radical (unpaired) electrons. The van der Waals surface area contributed by atoms with Crippen LogP contribution in [0.1, 0.15) is 22.0 Å². The zero-order valence-electron chi connectivity index (χ0n) is 13.4. The molecule has 0 unspecified atom stereocenters. The Bertz CT molecular complexity index is 656. The second-order valence-corrected chi connectivity index (χ2v) is 5.63. The van der Waals surface area contributed by atoms with Gasteiger partial charge in [0.1, 0.15) is 5.82 Å². The van der Waals surface area contributed by atoms with Crippen LogP contribution in [0.2, 0.25) is 0 Å². The highest BCUT2D eigenvalue weighted by atomic mass is 16.5. The molecule has 24 heavy (non-hydrogen) atoms. The lowest BCUT2D eigenvalue weighted by Gasteiger charge is -2.34. The largest absolute Gasteiger partial charge is 0.384 e. The molecule has 1 atom stereocenters. The first-order chi connectivity index (χ1) is 11.7. The minimum Gasteiger partial charge on any atom is -0.384 e. The number of ether oxygens (including phenoxy) is 1. The summed E-state index contributed by atoms with van der Waals surface area (Å²) in [5.74, 6) is 0.234. The molecule has 7 nitrogen and oxygen atoms in total. The number of hydrogen-bond acceptors (Lipinski definition) is 6. The third kappa shape index (κ3) is 4.06. The van der Waals surface area contributed by atoms with Crippen LogP contribution in [-0.2, 0) is 4.74 Å². The van der Waals surface area contributed by atoms with Crippen LogP contribution in [0.25, 0.3) is 0 Å². The van der Waals surface area contributed by atoms with E-state index in [0.717, 1.165) is 18.7 Å². The van der Waals surface area contributed by atoms with Crippen molar-refractivity contribution >= 4 is 11.7 Å². The van der Waals surface area contributed by atoms with Gasteiger partial charge in [0.15, 0.2) is 0 Å². The fourth-order valence-electron chi connectivity index (χ4n) is 2.75. The Morgan fingerprint density at radius 1 is 1.29 bits per heavy atom. The van der Waals surface area contributed by atoms with Crippen LogP contribution in [0.5, 0.6) is 0 Å². The Morgan fingerprint density at radius 2 is 2.12 bits per heavy atom. The summed E-state index contributed by atoms with van der Waals surface area (Å²) in [5, 5.41) is 2.98. The van der Waals surface area contributed by atoms with Crippen molar-refractivity contribution in [3.63, 3.8) is 0 Å². The number of nitrogens with two attached hydrogens (primary N) is 1. The second kappa shape index (κ2) is 7.85. The average Bonchev–Trinajstić information content (AvgIpc) is 2.64. The van der Waals surface area contributed by atoms with Crippen molar-refractivity contribution < 1.29 is 9.53 Å². The molecule has 3 rings (SSSR count). The van der Waals surface area contributed by atoms with E-state index in [2.05, 4.69) is 20.2 Å². The predicted octanol–water partition coefficient (Wildman–Crippen LogP) is 0.862. The van der Waals surface area contributed by atoms with Gasteiger partial charge in [0.05, 0.1) is 24.8 Å². The van der Waals surface area contributed by atoms with Crippen LogP contribution in [0.3, 0.4) is 0 Å². The van der Waals surface area contributed by atoms with E-state index < -0.39 is 0 Å². The summed E-state index contributed by atoms with van der Waals surface area (Å²) >= 11 is 0. The molecular weight excluding hydrogens is 306 g/mol. The molecular formula is C17H21N5O2. The molecule has 1 saturated heterocycles. The van der Waals surface area contributed by atoms with Gasteiger partial charge in [-0.05, 0) is 23.8 Å². The molecule has 7 heteroatoms. The molecule has 2 aromatic rings. The molecule has 1 amide bonds. The monoisotopic (exact) mass is 327 g/mol. The topological polar surface area (TPSA) is 93.4 Å². The molecule has 126 valence electrons. The summed E-state index contributed by atoms with van der Waals surface area (Å²) in [6.45, 7) is 3.56. The highest BCUT2D eigenvalue weighted by Gasteiger charge is 2.23. The lowest BCUT2D eigenvalue weighted by molar-refractivity contribution is 0.0161. The quantitative estimate of drug-likeness (QED) is 0.846. The van der Waals surface area contributed by atoms with Gasteiger partial charge in [0.2, 0.25) is 0 Å². The molecule has 3 N–H and O–H groups in total. The van der Waals surface area contributed by atoms with Gasteiger partial charge in [-0.15, -0.1) is 0 Å². The van der Waals surface area contributed by atoms with E-state index in [1.165, 1.54) is 6.20 Å². The zero-order chi connectivity index (χ0) is 16.8. The van der Waals surface area contributed by atoms with E-state index in [1.807, 2.05) is 18.3 Å². The van der Waals surface area contributed by atoms with E-state index >= 15 is 0 Å². The second-order valence-electron chi connectivity index (χ2n) is 5.63. The van der Waals surface area contributed by atoms with Gasteiger partial charge in [0, 0.05) is 38.2 Å². The summed E-state index contributed by atoms with van der Waals surface area (Å²) < 4.78 is 5.43. The van der Waals surface area contributed by atoms with E-state index in [4.69, 9.17) is 10.5 Å². The maximum Gasteiger partial charge on any atom is 0.252 e.